The van der Waals surface area contributed by atoms with Crippen LogP contribution in [0, 0.1) is 0 Å². The lowest BCUT2D eigenvalue weighted by atomic mass is 10.1. The molecular formula is C10H12N2O3. The monoisotopic (exact) mass is 208 g/mol. The molecule has 0 radical (unpaired) electrons. The Bertz CT molecular complexity index is 353. The van der Waals surface area contributed by atoms with Gasteiger partial charge in [0.2, 0.25) is 11.8 Å². The molecular weight excluding hydrogens is 196 g/mol. The van der Waals surface area contributed by atoms with E-state index in [1.807, 2.05) is 0 Å². The van der Waals surface area contributed by atoms with E-state index >= 15 is 0 Å². The summed E-state index contributed by atoms with van der Waals surface area (Å²) in [4.78, 5) is 27.2. The summed E-state index contributed by atoms with van der Waals surface area (Å²) in [6.07, 6.45) is 4.77. The zero-order chi connectivity index (χ0) is 10.4. The normalized spacial score (nSPS) is 33.9. The molecule has 0 aromatic rings. The van der Waals surface area contributed by atoms with Gasteiger partial charge in [-0.25, -0.2) is 0 Å². The van der Waals surface area contributed by atoms with E-state index in [9.17, 15) is 9.59 Å². The Balaban J connectivity index is 1.97. The summed E-state index contributed by atoms with van der Waals surface area (Å²) in [5, 5.41) is 0. The Morgan fingerprint density at radius 1 is 1.27 bits per heavy atom. The zero-order valence-corrected chi connectivity index (χ0v) is 8.26. The summed E-state index contributed by atoms with van der Waals surface area (Å²) in [6, 6.07) is -0.659. The van der Waals surface area contributed by atoms with Gasteiger partial charge < -0.3 is 9.64 Å². The molecule has 15 heavy (non-hydrogen) atoms. The van der Waals surface area contributed by atoms with Crippen LogP contribution in [0.2, 0.25) is 0 Å². The van der Waals surface area contributed by atoms with Crippen LogP contribution in [0.4, 0.5) is 0 Å². The van der Waals surface area contributed by atoms with Crippen LogP contribution >= 0.6 is 0 Å². The van der Waals surface area contributed by atoms with Crippen molar-refractivity contribution in [1.29, 1.82) is 0 Å². The molecule has 3 heterocycles. The first-order valence-electron chi connectivity index (χ1n) is 5.20. The van der Waals surface area contributed by atoms with Crippen molar-refractivity contribution in [3.63, 3.8) is 0 Å². The van der Waals surface area contributed by atoms with Gasteiger partial charge in [0.25, 0.3) is 0 Å². The summed E-state index contributed by atoms with van der Waals surface area (Å²) < 4.78 is 5.08. The molecule has 5 heteroatoms. The molecule has 0 spiro atoms. The van der Waals surface area contributed by atoms with Crippen LogP contribution in [-0.2, 0) is 14.3 Å². The van der Waals surface area contributed by atoms with Gasteiger partial charge in [0.05, 0.1) is 6.26 Å². The van der Waals surface area contributed by atoms with Crippen molar-refractivity contribution in [3.05, 3.63) is 12.5 Å². The minimum absolute atomic E-state index is 0.0291. The van der Waals surface area contributed by atoms with Gasteiger partial charge in [0.15, 0.2) is 0 Å². The molecule has 2 fully saturated rings. The standard InChI is InChI=1S/C10H12N2O3/c13-9-7-2-1-3-11(7)10(14)8-6-15-5-4-12(8)9/h4-5,7-8H,1-3,6H2/t7-,8-/m0/s1. The highest BCUT2D eigenvalue weighted by Gasteiger charge is 2.48. The molecule has 2 saturated heterocycles. The molecule has 5 nitrogen and oxygen atoms in total. The molecule has 3 aliphatic heterocycles. The average molecular weight is 208 g/mol. The van der Waals surface area contributed by atoms with Gasteiger partial charge in [0, 0.05) is 12.7 Å². The van der Waals surface area contributed by atoms with Crippen molar-refractivity contribution < 1.29 is 14.3 Å². The van der Waals surface area contributed by atoms with E-state index in [1.165, 1.54) is 11.2 Å². The maximum Gasteiger partial charge on any atom is 0.250 e. The molecule has 0 aliphatic carbocycles. The Labute approximate surface area is 87.3 Å². The molecule has 3 rings (SSSR count). The second-order valence-corrected chi connectivity index (χ2v) is 4.07. The van der Waals surface area contributed by atoms with Crippen LogP contribution in [0.3, 0.4) is 0 Å². The number of amides is 2. The SMILES string of the molecule is O=C1[C@@H]2CCCN2C(=O)[C@@H]2COC=CN12. The maximum absolute atomic E-state index is 12.0. The second kappa shape index (κ2) is 2.98. The second-order valence-electron chi connectivity index (χ2n) is 4.07. The average Bonchev–Trinajstić information content (AvgIpc) is 2.75. The minimum Gasteiger partial charge on any atom is -0.497 e. The maximum atomic E-state index is 12.0. The van der Waals surface area contributed by atoms with Crippen LogP contribution in [0.5, 0.6) is 0 Å². The quantitative estimate of drug-likeness (QED) is 0.548. The molecule has 0 N–H and O–H groups in total. The Morgan fingerprint density at radius 2 is 2.13 bits per heavy atom. The van der Waals surface area contributed by atoms with Crippen LogP contribution in [0.25, 0.3) is 0 Å². The van der Waals surface area contributed by atoms with Gasteiger partial charge >= 0.3 is 0 Å². The summed E-state index contributed by atoms with van der Waals surface area (Å²) in [7, 11) is 0. The fourth-order valence-corrected chi connectivity index (χ4v) is 2.51. The first kappa shape index (κ1) is 8.76. The molecule has 3 aliphatic rings. The molecule has 0 bridgehead atoms. The minimum atomic E-state index is -0.433. The molecule has 0 unspecified atom stereocenters. The Hall–Kier alpha value is -1.52. The third kappa shape index (κ3) is 1.09. The Kier molecular flexibility index (Phi) is 1.74. The number of piperazine rings is 1. The Morgan fingerprint density at radius 3 is 3.00 bits per heavy atom. The number of ether oxygens (including phenoxy) is 1. The predicted octanol–water partition coefficient (Wildman–Crippen LogP) is -0.310. The predicted molar refractivity (Wildman–Crippen MR) is 50.5 cm³/mol. The van der Waals surface area contributed by atoms with E-state index in [0.717, 1.165) is 12.8 Å². The highest BCUT2D eigenvalue weighted by atomic mass is 16.5. The number of carbonyl (C=O) groups is 2. The molecule has 2 amide bonds. The molecule has 0 aromatic carbocycles. The lowest BCUT2D eigenvalue weighted by Gasteiger charge is -2.41. The summed E-state index contributed by atoms with van der Waals surface area (Å²) in [6.45, 7) is 0.994. The summed E-state index contributed by atoms with van der Waals surface area (Å²) in [5.41, 5.74) is 0. The third-order valence-corrected chi connectivity index (χ3v) is 3.27. The molecule has 80 valence electrons. The number of hydrogen-bond donors (Lipinski definition) is 0. The lowest BCUT2D eigenvalue weighted by Crippen LogP contribution is -2.63. The number of carbonyl (C=O) groups excluding carboxylic acids is 2. The van der Waals surface area contributed by atoms with E-state index in [2.05, 4.69) is 0 Å². The van der Waals surface area contributed by atoms with Crippen LogP contribution in [-0.4, -0.2) is 46.8 Å². The zero-order valence-electron chi connectivity index (χ0n) is 8.26. The number of rotatable bonds is 0. The number of fused-ring (bicyclic) bond motifs is 2. The van der Waals surface area contributed by atoms with Gasteiger partial charge in [-0.3, -0.25) is 14.5 Å². The highest BCUT2D eigenvalue weighted by Crippen LogP contribution is 2.28. The molecule has 0 aromatic heterocycles. The van der Waals surface area contributed by atoms with Crippen molar-refractivity contribution in [3.8, 4) is 0 Å². The van der Waals surface area contributed by atoms with Crippen molar-refractivity contribution in [2.75, 3.05) is 13.2 Å². The highest BCUT2D eigenvalue weighted by molar-refractivity contribution is 5.98. The molecule has 2 atom stereocenters. The van der Waals surface area contributed by atoms with E-state index in [0.29, 0.717) is 6.54 Å². The fourth-order valence-electron chi connectivity index (χ4n) is 2.51. The molecule has 0 saturated carbocycles. The smallest absolute Gasteiger partial charge is 0.250 e. The first-order chi connectivity index (χ1) is 7.29. The first-order valence-corrected chi connectivity index (χ1v) is 5.20. The van der Waals surface area contributed by atoms with E-state index in [4.69, 9.17) is 4.74 Å². The largest absolute Gasteiger partial charge is 0.497 e. The van der Waals surface area contributed by atoms with Gasteiger partial charge in [-0.1, -0.05) is 0 Å². The van der Waals surface area contributed by atoms with Crippen molar-refractivity contribution >= 4 is 11.8 Å². The van der Waals surface area contributed by atoms with Crippen LogP contribution in [0.1, 0.15) is 12.8 Å². The summed E-state index contributed by atoms with van der Waals surface area (Å²) in [5.74, 6) is 0.0677. The fraction of sp³-hybridized carbons (Fsp3) is 0.600. The van der Waals surface area contributed by atoms with Crippen molar-refractivity contribution in [2.24, 2.45) is 0 Å². The van der Waals surface area contributed by atoms with Gasteiger partial charge in [-0.2, -0.15) is 0 Å². The summed E-state index contributed by atoms with van der Waals surface area (Å²) >= 11 is 0. The van der Waals surface area contributed by atoms with Crippen molar-refractivity contribution in [2.45, 2.75) is 24.9 Å². The van der Waals surface area contributed by atoms with Gasteiger partial charge in [-0.05, 0) is 12.8 Å². The topological polar surface area (TPSA) is 49.9 Å². The van der Waals surface area contributed by atoms with Crippen LogP contribution in [0.15, 0.2) is 12.5 Å². The van der Waals surface area contributed by atoms with E-state index in [1.54, 1.807) is 11.1 Å². The number of nitrogens with zero attached hydrogens (tertiary/aromatic N) is 2. The lowest BCUT2D eigenvalue weighted by molar-refractivity contribution is -0.159. The van der Waals surface area contributed by atoms with Gasteiger partial charge in [-0.15, -0.1) is 0 Å². The number of hydrogen-bond acceptors (Lipinski definition) is 3. The van der Waals surface area contributed by atoms with E-state index < -0.39 is 6.04 Å². The van der Waals surface area contributed by atoms with Gasteiger partial charge in [0.1, 0.15) is 18.7 Å². The van der Waals surface area contributed by atoms with Crippen molar-refractivity contribution in [1.82, 2.24) is 9.80 Å². The van der Waals surface area contributed by atoms with Crippen LogP contribution < -0.4 is 0 Å². The van der Waals surface area contributed by atoms with E-state index in [-0.39, 0.29) is 24.5 Å². The third-order valence-electron chi connectivity index (χ3n) is 3.27.